The van der Waals surface area contributed by atoms with Gasteiger partial charge in [-0.3, -0.25) is 4.98 Å². The Kier molecular flexibility index (Phi) is 5.19. The Balaban J connectivity index is 2.19. The van der Waals surface area contributed by atoms with Crippen molar-refractivity contribution in [1.29, 1.82) is 0 Å². The Morgan fingerprint density at radius 2 is 2.16 bits per heavy atom. The molecule has 0 unspecified atom stereocenters. The van der Waals surface area contributed by atoms with Crippen LogP contribution in [0.15, 0.2) is 46.7 Å². The van der Waals surface area contributed by atoms with Gasteiger partial charge in [-0.2, -0.15) is 0 Å². The van der Waals surface area contributed by atoms with Gasteiger partial charge in [0.05, 0.1) is 6.20 Å². The van der Waals surface area contributed by atoms with E-state index in [9.17, 15) is 0 Å². The molecule has 1 aromatic heterocycles. The standard InChI is InChI=1S/C14H16ClN3S/c1-10(2)18-8-11-3-4-12(15)7-13(11)19-14-9-16-5-6-17-14/h3-7,9-10,18H,8H2,1-2H3. The average Bonchev–Trinajstić information content (AvgIpc) is 2.39. The summed E-state index contributed by atoms with van der Waals surface area (Å²) in [7, 11) is 0. The van der Waals surface area contributed by atoms with Crippen molar-refractivity contribution in [3.05, 3.63) is 47.4 Å². The zero-order chi connectivity index (χ0) is 13.7. The van der Waals surface area contributed by atoms with Crippen LogP contribution in [0.4, 0.5) is 0 Å². The van der Waals surface area contributed by atoms with E-state index < -0.39 is 0 Å². The largest absolute Gasteiger partial charge is 0.310 e. The lowest BCUT2D eigenvalue weighted by atomic mass is 10.2. The van der Waals surface area contributed by atoms with E-state index in [2.05, 4.69) is 35.2 Å². The highest BCUT2D eigenvalue weighted by Gasteiger charge is 2.07. The van der Waals surface area contributed by atoms with E-state index in [1.54, 1.807) is 30.4 Å². The molecule has 0 atom stereocenters. The van der Waals surface area contributed by atoms with Crippen LogP contribution in [0.5, 0.6) is 0 Å². The zero-order valence-corrected chi connectivity index (χ0v) is 12.5. The number of hydrogen-bond donors (Lipinski definition) is 1. The van der Waals surface area contributed by atoms with Crippen molar-refractivity contribution in [3.63, 3.8) is 0 Å². The van der Waals surface area contributed by atoms with Gasteiger partial charge in [0, 0.05) is 34.9 Å². The molecule has 0 aliphatic rings. The zero-order valence-electron chi connectivity index (χ0n) is 10.9. The molecule has 0 amide bonds. The second-order valence-corrected chi connectivity index (χ2v) is 5.93. The van der Waals surface area contributed by atoms with Crippen LogP contribution in [0, 0.1) is 0 Å². The van der Waals surface area contributed by atoms with Gasteiger partial charge in [-0.25, -0.2) is 4.98 Å². The molecule has 5 heteroatoms. The highest BCUT2D eigenvalue weighted by Crippen LogP contribution is 2.30. The summed E-state index contributed by atoms with van der Waals surface area (Å²) in [4.78, 5) is 9.46. The maximum Gasteiger partial charge on any atom is 0.119 e. The van der Waals surface area contributed by atoms with Gasteiger partial charge < -0.3 is 5.32 Å². The molecule has 0 spiro atoms. The van der Waals surface area contributed by atoms with E-state index in [-0.39, 0.29) is 0 Å². The monoisotopic (exact) mass is 293 g/mol. The molecule has 2 aromatic rings. The summed E-state index contributed by atoms with van der Waals surface area (Å²) in [6.45, 7) is 5.08. The van der Waals surface area contributed by atoms with Crippen molar-refractivity contribution < 1.29 is 0 Å². The number of hydrogen-bond acceptors (Lipinski definition) is 4. The Morgan fingerprint density at radius 3 is 2.84 bits per heavy atom. The number of aromatic nitrogens is 2. The molecule has 1 aromatic carbocycles. The van der Waals surface area contributed by atoms with Crippen LogP contribution in [0.3, 0.4) is 0 Å². The second kappa shape index (κ2) is 6.89. The lowest BCUT2D eigenvalue weighted by Crippen LogP contribution is -2.22. The van der Waals surface area contributed by atoms with Gasteiger partial charge in [-0.05, 0) is 17.7 Å². The van der Waals surface area contributed by atoms with E-state index >= 15 is 0 Å². The second-order valence-electron chi connectivity index (χ2n) is 4.43. The Labute approximate surface area is 122 Å². The summed E-state index contributed by atoms with van der Waals surface area (Å²) in [6, 6.07) is 6.39. The molecular formula is C14H16ClN3S. The van der Waals surface area contributed by atoms with E-state index in [0.29, 0.717) is 6.04 Å². The minimum Gasteiger partial charge on any atom is -0.310 e. The van der Waals surface area contributed by atoms with Crippen LogP contribution in [0.2, 0.25) is 5.02 Å². The van der Waals surface area contributed by atoms with Crippen LogP contribution in [-0.2, 0) is 6.54 Å². The molecule has 1 heterocycles. The van der Waals surface area contributed by atoms with Crippen LogP contribution < -0.4 is 5.32 Å². The predicted molar refractivity (Wildman–Crippen MR) is 79.6 cm³/mol. The molecule has 1 N–H and O–H groups in total. The smallest absolute Gasteiger partial charge is 0.119 e. The maximum absolute atomic E-state index is 6.08. The first-order valence-electron chi connectivity index (χ1n) is 6.11. The quantitative estimate of drug-likeness (QED) is 0.910. The fourth-order valence-electron chi connectivity index (χ4n) is 1.53. The van der Waals surface area contributed by atoms with Crippen LogP contribution in [0.25, 0.3) is 0 Å². The molecule has 2 rings (SSSR count). The summed E-state index contributed by atoms with van der Waals surface area (Å²) in [5.41, 5.74) is 1.22. The molecule has 0 bridgehead atoms. The third-order valence-corrected chi connectivity index (χ3v) is 3.74. The van der Waals surface area contributed by atoms with Gasteiger partial charge in [0.2, 0.25) is 0 Å². The SMILES string of the molecule is CC(C)NCc1ccc(Cl)cc1Sc1cnccn1. The summed E-state index contributed by atoms with van der Waals surface area (Å²) in [6.07, 6.45) is 5.12. The van der Waals surface area contributed by atoms with E-state index in [0.717, 1.165) is 21.5 Å². The van der Waals surface area contributed by atoms with E-state index in [1.807, 2.05) is 12.1 Å². The molecule has 0 aliphatic heterocycles. The Bertz CT molecular complexity index is 531. The van der Waals surface area contributed by atoms with Gasteiger partial charge in [0.1, 0.15) is 5.03 Å². The summed E-state index contributed by atoms with van der Waals surface area (Å²) in [5, 5.41) is 5.02. The fraction of sp³-hybridized carbons (Fsp3) is 0.286. The molecule has 100 valence electrons. The summed E-state index contributed by atoms with van der Waals surface area (Å²) in [5.74, 6) is 0. The normalized spacial score (nSPS) is 10.9. The van der Waals surface area contributed by atoms with Crippen molar-refractivity contribution in [3.8, 4) is 0 Å². The third kappa shape index (κ3) is 4.49. The first-order chi connectivity index (χ1) is 9.15. The van der Waals surface area contributed by atoms with Gasteiger partial charge in [0.15, 0.2) is 0 Å². The topological polar surface area (TPSA) is 37.8 Å². The fourth-order valence-corrected chi connectivity index (χ4v) is 2.68. The highest BCUT2D eigenvalue weighted by molar-refractivity contribution is 7.99. The van der Waals surface area contributed by atoms with Crippen molar-refractivity contribution >= 4 is 23.4 Å². The average molecular weight is 294 g/mol. The van der Waals surface area contributed by atoms with Crippen LogP contribution >= 0.6 is 23.4 Å². The van der Waals surface area contributed by atoms with Gasteiger partial charge >= 0.3 is 0 Å². The molecule has 0 saturated carbocycles. The number of nitrogens with one attached hydrogen (secondary N) is 1. The molecule has 0 saturated heterocycles. The molecular weight excluding hydrogens is 278 g/mol. The first kappa shape index (κ1) is 14.3. The molecule has 19 heavy (non-hydrogen) atoms. The van der Waals surface area contributed by atoms with Crippen molar-refractivity contribution in [1.82, 2.24) is 15.3 Å². The van der Waals surface area contributed by atoms with Gasteiger partial charge in [0.25, 0.3) is 0 Å². The highest BCUT2D eigenvalue weighted by atomic mass is 35.5. The number of nitrogens with zero attached hydrogens (tertiary/aromatic N) is 2. The lowest BCUT2D eigenvalue weighted by molar-refractivity contribution is 0.585. The number of rotatable bonds is 5. The summed E-state index contributed by atoms with van der Waals surface area (Å²) < 4.78 is 0. The Hall–Kier alpha value is -1.10. The molecule has 3 nitrogen and oxygen atoms in total. The summed E-state index contributed by atoms with van der Waals surface area (Å²) >= 11 is 7.66. The first-order valence-corrected chi connectivity index (χ1v) is 7.30. The van der Waals surface area contributed by atoms with Crippen molar-refractivity contribution in [2.45, 2.75) is 36.4 Å². The number of halogens is 1. The molecule has 0 radical (unpaired) electrons. The minimum absolute atomic E-state index is 0.449. The lowest BCUT2D eigenvalue weighted by Gasteiger charge is -2.12. The number of benzene rings is 1. The predicted octanol–water partition coefficient (Wildman–Crippen LogP) is 3.78. The van der Waals surface area contributed by atoms with Crippen LogP contribution in [0.1, 0.15) is 19.4 Å². The Morgan fingerprint density at radius 1 is 1.32 bits per heavy atom. The van der Waals surface area contributed by atoms with Gasteiger partial charge in [-0.15, -0.1) is 0 Å². The van der Waals surface area contributed by atoms with Crippen molar-refractivity contribution in [2.24, 2.45) is 0 Å². The minimum atomic E-state index is 0.449. The van der Waals surface area contributed by atoms with E-state index in [1.165, 1.54) is 5.56 Å². The van der Waals surface area contributed by atoms with Crippen LogP contribution in [-0.4, -0.2) is 16.0 Å². The van der Waals surface area contributed by atoms with Crippen molar-refractivity contribution in [2.75, 3.05) is 0 Å². The molecule has 0 aliphatic carbocycles. The maximum atomic E-state index is 6.08. The molecule has 0 fully saturated rings. The van der Waals surface area contributed by atoms with Gasteiger partial charge in [-0.1, -0.05) is 43.3 Å². The van der Waals surface area contributed by atoms with E-state index in [4.69, 9.17) is 11.6 Å². The third-order valence-electron chi connectivity index (χ3n) is 2.48.